The molecule has 0 N–H and O–H groups in total. The maximum atomic E-state index is 14.3. The summed E-state index contributed by atoms with van der Waals surface area (Å²) in [7, 11) is 1.55. The minimum atomic E-state index is -0.805. The quantitative estimate of drug-likeness (QED) is 0.111. The molecule has 0 bridgehead atoms. The van der Waals surface area contributed by atoms with Gasteiger partial charge in [0.25, 0.3) is 5.56 Å². The first kappa shape index (κ1) is 34.3. The lowest BCUT2D eigenvalue weighted by atomic mass is 9.93. The Morgan fingerprint density at radius 2 is 1.73 bits per heavy atom. The predicted molar refractivity (Wildman–Crippen MR) is 199 cm³/mol. The predicted octanol–water partition coefficient (Wildman–Crippen LogP) is 8.09. The maximum absolute atomic E-state index is 14.3. The maximum Gasteiger partial charge on any atom is 0.338 e. The highest BCUT2D eigenvalue weighted by molar-refractivity contribution is 14.1. The average molecular weight is 832 g/mol. The van der Waals surface area contributed by atoms with E-state index in [1.807, 2.05) is 42.5 Å². The van der Waals surface area contributed by atoms with Gasteiger partial charge in [0.05, 0.1) is 39.1 Å². The highest BCUT2D eigenvalue weighted by Gasteiger charge is 2.35. The van der Waals surface area contributed by atoms with Crippen molar-refractivity contribution in [2.45, 2.75) is 19.6 Å². The van der Waals surface area contributed by atoms with Crippen LogP contribution >= 0.6 is 68.7 Å². The van der Waals surface area contributed by atoms with Gasteiger partial charge < -0.3 is 14.2 Å². The van der Waals surface area contributed by atoms with Gasteiger partial charge in [-0.2, -0.15) is 0 Å². The second-order valence-corrected chi connectivity index (χ2v) is 14.0. The molecule has 6 rings (SSSR count). The number of aromatic nitrogens is 1. The minimum absolute atomic E-state index is 0.162. The Morgan fingerprint density at radius 3 is 2.42 bits per heavy atom. The topological polar surface area (TPSA) is 79.1 Å². The highest BCUT2D eigenvalue weighted by atomic mass is 127. The SMILES string of the molecule is CCOC(=O)C1=C(c2ccccc2)N=c2s/c(=C\c3cc(I)c(OCc4ccc(Cl)cc4Cl)c(OC)c3)c(=O)n2[C@@H]1c1ccc(Cl)cc1. The smallest absolute Gasteiger partial charge is 0.338 e. The zero-order valence-electron chi connectivity index (χ0n) is 25.5. The van der Waals surface area contributed by atoms with Crippen LogP contribution in [0.1, 0.15) is 35.2 Å². The molecule has 2 heterocycles. The summed E-state index contributed by atoms with van der Waals surface area (Å²) in [5, 5.41) is 1.57. The zero-order chi connectivity index (χ0) is 33.9. The van der Waals surface area contributed by atoms with Crippen molar-refractivity contribution in [3.8, 4) is 11.5 Å². The largest absolute Gasteiger partial charge is 0.493 e. The number of halogens is 4. The number of hydrogen-bond acceptors (Lipinski definition) is 7. The van der Waals surface area contributed by atoms with Gasteiger partial charge in [-0.1, -0.05) is 94.7 Å². The summed E-state index contributed by atoms with van der Waals surface area (Å²) >= 11 is 22.0. The molecule has 4 aromatic carbocycles. The molecule has 5 aromatic rings. The third kappa shape index (κ3) is 7.06. The van der Waals surface area contributed by atoms with Gasteiger partial charge in [-0.15, -0.1) is 0 Å². The van der Waals surface area contributed by atoms with Crippen molar-refractivity contribution in [1.29, 1.82) is 0 Å². The zero-order valence-corrected chi connectivity index (χ0v) is 30.7. The Balaban J connectivity index is 1.48. The summed E-state index contributed by atoms with van der Waals surface area (Å²) in [5.41, 5.74) is 3.32. The average Bonchev–Trinajstić information content (AvgIpc) is 3.38. The molecule has 7 nitrogen and oxygen atoms in total. The number of thiazole rings is 1. The van der Waals surface area contributed by atoms with E-state index >= 15 is 0 Å². The van der Waals surface area contributed by atoms with Gasteiger partial charge in [0.15, 0.2) is 16.3 Å². The number of methoxy groups -OCH3 is 1. The van der Waals surface area contributed by atoms with Gasteiger partial charge >= 0.3 is 5.97 Å². The number of rotatable bonds is 9. The van der Waals surface area contributed by atoms with Crippen molar-refractivity contribution in [3.63, 3.8) is 0 Å². The van der Waals surface area contributed by atoms with Gasteiger partial charge in [0.1, 0.15) is 6.61 Å². The lowest BCUT2D eigenvalue weighted by molar-refractivity contribution is -0.138. The Hall–Kier alpha value is -3.61. The third-order valence-corrected chi connectivity index (χ3v) is 10.1. The molecular weight excluding hydrogens is 806 g/mol. The third-order valence-electron chi connectivity index (χ3n) is 7.50. The fraction of sp³-hybridized carbons (Fsp3) is 0.139. The monoisotopic (exact) mass is 830 g/mol. The molecule has 0 unspecified atom stereocenters. The number of ether oxygens (including phenoxy) is 3. The van der Waals surface area contributed by atoms with Crippen LogP contribution in [-0.2, 0) is 16.1 Å². The van der Waals surface area contributed by atoms with Crippen LogP contribution in [-0.4, -0.2) is 24.3 Å². The fourth-order valence-electron chi connectivity index (χ4n) is 5.30. The van der Waals surface area contributed by atoms with E-state index in [2.05, 4.69) is 22.6 Å². The molecule has 0 spiro atoms. The summed E-state index contributed by atoms with van der Waals surface area (Å²) in [6.07, 6.45) is 1.78. The number of hydrogen-bond donors (Lipinski definition) is 0. The number of fused-ring (bicyclic) bond motifs is 1. The van der Waals surface area contributed by atoms with E-state index in [1.54, 1.807) is 67.1 Å². The second-order valence-electron chi connectivity index (χ2n) is 10.5. The highest BCUT2D eigenvalue weighted by Crippen LogP contribution is 2.37. The Morgan fingerprint density at radius 1 is 1.00 bits per heavy atom. The van der Waals surface area contributed by atoms with Crippen molar-refractivity contribution in [2.24, 2.45) is 4.99 Å². The van der Waals surface area contributed by atoms with Crippen molar-refractivity contribution < 1.29 is 19.0 Å². The van der Waals surface area contributed by atoms with Crippen molar-refractivity contribution >= 4 is 86.5 Å². The summed E-state index contributed by atoms with van der Waals surface area (Å²) in [4.78, 5) is 33.2. The first-order chi connectivity index (χ1) is 23.2. The lowest BCUT2D eigenvalue weighted by Crippen LogP contribution is -2.40. The molecule has 0 saturated heterocycles. The molecule has 0 aliphatic carbocycles. The number of benzene rings is 4. The Kier molecular flexibility index (Phi) is 10.6. The van der Waals surface area contributed by atoms with E-state index in [4.69, 9.17) is 54.0 Å². The molecule has 12 heteroatoms. The molecule has 0 radical (unpaired) electrons. The van der Waals surface area contributed by atoms with E-state index < -0.39 is 12.0 Å². The minimum Gasteiger partial charge on any atom is -0.493 e. The van der Waals surface area contributed by atoms with E-state index in [9.17, 15) is 9.59 Å². The van der Waals surface area contributed by atoms with E-state index in [0.717, 1.165) is 14.7 Å². The molecule has 0 fully saturated rings. The molecule has 1 atom stereocenters. The molecule has 1 aromatic heterocycles. The van der Waals surface area contributed by atoms with Crippen LogP contribution in [0.25, 0.3) is 11.8 Å². The van der Waals surface area contributed by atoms with Gasteiger partial charge in [0.2, 0.25) is 0 Å². The normalized spacial score (nSPS) is 14.4. The number of esters is 1. The van der Waals surface area contributed by atoms with Crippen molar-refractivity contribution in [1.82, 2.24) is 4.57 Å². The lowest BCUT2D eigenvalue weighted by Gasteiger charge is -2.25. The van der Waals surface area contributed by atoms with Crippen molar-refractivity contribution in [2.75, 3.05) is 13.7 Å². The first-order valence-corrected chi connectivity index (χ1v) is 17.7. The van der Waals surface area contributed by atoms with Crippen LogP contribution in [0, 0.1) is 3.57 Å². The summed E-state index contributed by atoms with van der Waals surface area (Å²) in [6, 6.07) is 24.6. The second kappa shape index (κ2) is 14.9. The van der Waals surface area contributed by atoms with Gasteiger partial charge in [-0.3, -0.25) is 9.36 Å². The van der Waals surface area contributed by atoms with Crippen LogP contribution in [0.4, 0.5) is 0 Å². The summed E-state index contributed by atoms with van der Waals surface area (Å²) in [5.74, 6) is 0.474. The van der Waals surface area contributed by atoms with Gasteiger partial charge in [-0.25, -0.2) is 9.79 Å². The van der Waals surface area contributed by atoms with Crippen molar-refractivity contribution in [3.05, 3.63) is 151 Å². The van der Waals surface area contributed by atoms with Gasteiger partial charge in [0, 0.05) is 26.2 Å². The summed E-state index contributed by atoms with van der Waals surface area (Å²) in [6.45, 7) is 2.11. The summed E-state index contributed by atoms with van der Waals surface area (Å²) < 4.78 is 20.1. The Labute approximate surface area is 308 Å². The molecule has 0 amide bonds. The number of nitrogens with zero attached hydrogens (tertiary/aromatic N) is 2. The van der Waals surface area contributed by atoms with Crippen LogP contribution in [0.2, 0.25) is 15.1 Å². The molecule has 0 saturated carbocycles. The van der Waals surface area contributed by atoms with Crippen LogP contribution in [0.3, 0.4) is 0 Å². The Bertz CT molecular complexity index is 2240. The molecule has 244 valence electrons. The van der Waals surface area contributed by atoms with E-state index in [1.165, 1.54) is 11.3 Å². The van der Waals surface area contributed by atoms with E-state index in [0.29, 0.717) is 52.7 Å². The molecular formula is C36H26Cl3IN2O5S. The number of carbonyl (C=O) groups excluding carboxylic acids is 1. The molecule has 1 aliphatic heterocycles. The fourth-order valence-corrected chi connectivity index (χ4v) is 7.68. The van der Waals surface area contributed by atoms with E-state index in [-0.39, 0.29) is 24.3 Å². The van der Waals surface area contributed by atoms with Crippen LogP contribution < -0.4 is 24.4 Å². The van der Waals surface area contributed by atoms with Crippen LogP contribution in [0.15, 0.2) is 100 Å². The standard InChI is InChI=1S/C36H26Cl3IN2O5S/c1-3-46-35(44)30-31(21-7-5-4-6-8-21)41-36-42(32(30)22-9-12-24(37)13-10-22)34(43)29(48-36)17-20-15-27(40)33(28(16-20)45-2)47-19-23-11-14-25(38)18-26(23)39/h4-18,32H,3,19H2,1-2H3/b29-17-/t32-/m1/s1. The molecule has 1 aliphatic rings. The first-order valence-electron chi connectivity index (χ1n) is 14.7. The van der Waals surface area contributed by atoms with Gasteiger partial charge in [-0.05, 0) is 83.1 Å². The molecule has 48 heavy (non-hydrogen) atoms. The number of carbonyl (C=O) groups is 1. The van der Waals surface area contributed by atoms with Crippen LogP contribution in [0.5, 0.6) is 11.5 Å².